The molecule has 2 rings (SSSR count). The molecule has 17 heavy (non-hydrogen) atoms. The summed E-state index contributed by atoms with van der Waals surface area (Å²) in [5.74, 6) is 0. The van der Waals surface area contributed by atoms with E-state index in [0.717, 1.165) is 24.1 Å². The van der Waals surface area contributed by atoms with Gasteiger partial charge in [-0.15, -0.1) is 0 Å². The Morgan fingerprint density at radius 1 is 1.24 bits per heavy atom. The maximum Gasteiger partial charge on any atom is 0.0462 e. The van der Waals surface area contributed by atoms with E-state index in [2.05, 4.69) is 18.0 Å². The van der Waals surface area contributed by atoms with E-state index in [1.165, 1.54) is 5.56 Å². The fourth-order valence-corrected chi connectivity index (χ4v) is 1.93. The Morgan fingerprint density at radius 2 is 2.06 bits per heavy atom. The Labute approximate surface area is 106 Å². The fraction of sp³-hybridized carbons (Fsp3) is 0.214. The number of nitrogen functional groups attached to an aromatic ring is 1. The number of aromatic nitrogens is 1. The zero-order chi connectivity index (χ0) is 12.3. The molecule has 0 fully saturated rings. The van der Waals surface area contributed by atoms with Crippen molar-refractivity contribution in [3.63, 3.8) is 0 Å². The lowest BCUT2D eigenvalue weighted by atomic mass is 10.1. The maximum absolute atomic E-state index is 6.13. The van der Waals surface area contributed by atoms with Crippen molar-refractivity contribution >= 4 is 17.3 Å². The normalized spacial score (nSPS) is 10.5. The van der Waals surface area contributed by atoms with Crippen molar-refractivity contribution < 1.29 is 0 Å². The Balaban J connectivity index is 2.19. The van der Waals surface area contributed by atoms with Crippen LogP contribution in [0.4, 0.5) is 5.69 Å². The number of anilines is 1. The summed E-state index contributed by atoms with van der Waals surface area (Å²) < 4.78 is 0. The standard InChI is InChI=1S/C14H15ClN2/c1-2-10-3-6-13(17-9-10)7-11-4-5-12(16)8-14(11)15/h3-6,8-9H,2,7,16H2,1H3. The molecule has 0 bridgehead atoms. The van der Waals surface area contributed by atoms with E-state index in [1.54, 1.807) is 6.07 Å². The van der Waals surface area contributed by atoms with E-state index < -0.39 is 0 Å². The molecule has 1 heterocycles. The van der Waals surface area contributed by atoms with E-state index in [0.29, 0.717) is 10.7 Å². The smallest absolute Gasteiger partial charge is 0.0462 e. The third-order valence-corrected chi connectivity index (χ3v) is 3.09. The molecule has 0 spiro atoms. The zero-order valence-electron chi connectivity index (χ0n) is 9.78. The fourth-order valence-electron chi connectivity index (χ4n) is 1.67. The average molecular weight is 247 g/mol. The van der Waals surface area contributed by atoms with Crippen LogP contribution < -0.4 is 5.73 Å². The van der Waals surface area contributed by atoms with E-state index >= 15 is 0 Å². The molecule has 1 aromatic heterocycles. The summed E-state index contributed by atoms with van der Waals surface area (Å²) >= 11 is 6.13. The molecule has 0 atom stereocenters. The monoisotopic (exact) mass is 246 g/mol. The highest BCUT2D eigenvalue weighted by Gasteiger charge is 2.03. The molecule has 0 unspecified atom stereocenters. The van der Waals surface area contributed by atoms with Crippen LogP contribution in [0.5, 0.6) is 0 Å². The number of hydrogen-bond acceptors (Lipinski definition) is 2. The van der Waals surface area contributed by atoms with E-state index in [-0.39, 0.29) is 0 Å². The van der Waals surface area contributed by atoms with Gasteiger partial charge in [-0.1, -0.05) is 30.7 Å². The second-order valence-electron chi connectivity index (χ2n) is 4.04. The van der Waals surface area contributed by atoms with Crippen LogP contribution in [0.1, 0.15) is 23.7 Å². The molecule has 2 aromatic rings. The highest BCUT2D eigenvalue weighted by atomic mass is 35.5. The molecule has 0 aliphatic carbocycles. The third kappa shape index (κ3) is 2.98. The van der Waals surface area contributed by atoms with Gasteiger partial charge in [0.15, 0.2) is 0 Å². The van der Waals surface area contributed by atoms with Crippen LogP contribution >= 0.6 is 11.6 Å². The summed E-state index contributed by atoms with van der Waals surface area (Å²) in [7, 11) is 0. The summed E-state index contributed by atoms with van der Waals surface area (Å²) in [6.07, 6.45) is 3.67. The lowest BCUT2D eigenvalue weighted by molar-refractivity contribution is 1.03. The zero-order valence-corrected chi connectivity index (χ0v) is 10.5. The topological polar surface area (TPSA) is 38.9 Å². The minimum atomic E-state index is 0.688. The van der Waals surface area contributed by atoms with Gasteiger partial charge in [0.1, 0.15) is 0 Å². The molecule has 0 saturated heterocycles. The Morgan fingerprint density at radius 3 is 2.65 bits per heavy atom. The maximum atomic E-state index is 6.13. The van der Waals surface area contributed by atoms with E-state index in [1.807, 2.05) is 24.4 Å². The molecule has 0 amide bonds. The molecular weight excluding hydrogens is 232 g/mol. The second-order valence-corrected chi connectivity index (χ2v) is 4.45. The number of pyridine rings is 1. The Hall–Kier alpha value is -1.54. The molecular formula is C14H15ClN2. The van der Waals surface area contributed by atoms with Crippen LogP contribution in [-0.4, -0.2) is 4.98 Å². The first-order valence-electron chi connectivity index (χ1n) is 5.66. The van der Waals surface area contributed by atoms with Crippen molar-refractivity contribution in [3.8, 4) is 0 Å². The highest BCUT2D eigenvalue weighted by Crippen LogP contribution is 2.21. The van der Waals surface area contributed by atoms with Gasteiger partial charge in [0.05, 0.1) is 0 Å². The van der Waals surface area contributed by atoms with Gasteiger partial charge in [-0.3, -0.25) is 4.98 Å². The van der Waals surface area contributed by atoms with Gasteiger partial charge in [0, 0.05) is 29.0 Å². The van der Waals surface area contributed by atoms with Gasteiger partial charge in [0.25, 0.3) is 0 Å². The summed E-state index contributed by atoms with van der Waals surface area (Å²) in [5, 5.41) is 0.700. The first kappa shape index (κ1) is 11.9. The van der Waals surface area contributed by atoms with Crippen LogP contribution in [0, 0.1) is 0 Å². The van der Waals surface area contributed by atoms with Gasteiger partial charge in [-0.05, 0) is 35.7 Å². The van der Waals surface area contributed by atoms with Crippen LogP contribution in [0.25, 0.3) is 0 Å². The lowest BCUT2D eigenvalue weighted by Gasteiger charge is -2.05. The summed E-state index contributed by atoms with van der Waals surface area (Å²) in [6, 6.07) is 9.74. The van der Waals surface area contributed by atoms with Crippen LogP contribution in [0.2, 0.25) is 5.02 Å². The Bertz CT molecular complexity index is 506. The summed E-state index contributed by atoms with van der Waals surface area (Å²) in [5.41, 5.74) is 9.67. The number of hydrogen-bond donors (Lipinski definition) is 1. The van der Waals surface area contributed by atoms with Crippen molar-refractivity contribution in [1.29, 1.82) is 0 Å². The Kier molecular flexibility index (Phi) is 3.64. The van der Waals surface area contributed by atoms with Gasteiger partial charge in [-0.25, -0.2) is 0 Å². The van der Waals surface area contributed by atoms with Crippen molar-refractivity contribution in [2.75, 3.05) is 5.73 Å². The minimum Gasteiger partial charge on any atom is -0.399 e. The molecule has 0 radical (unpaired) electrons. The van der Waals surface area contributed by atoms with Crippen LogP contribution in [-0.2, 0) is 12.8 Å². The van der Waals surface area contributed by atoms with Crippen molar-refractivity contribution in [3.05, 3.63) is 58.4 Å². The van der Waals surface area contributed by atoms with Crippen LogP contribution in [0.15, 0.2) is 36.5 Å². The predicted octanol–water partition coefficient (Wildman–Crippen LogP) is 3.47. The highest BCUT2D eigenvalue weighted by molar-refractivity contribution is 6.31. The van der Waals surface area contributed by atoms with Crippen molar-refractivity contribution in [1.82, 2.24) is 4.98 Å². The number of nitrogens with two attached hydrogens (primary N) is 1. The molecule has 0 aliphatic heterocycles. The van der Waals surface area contributed by atoms with Gasteiger partial charge in [-0.2, -0.15) is 0 Å². The molecule has 0 saturated carbocycles. The van der Waals surface area contributed by atoms with Crippen molar-refractivity contribution in [2.45, 2.75) is 19.8 Å². The quantitative estimate of drug-likeness (QED) is 0.843. The third-order valence-electron chi connectivity index (χ3n) is 2.74. The number of rotatable bonds is 3. The number of halogens is 1. The number of aryl methyl sites for hydroxylation is 1. The minimum absolute atomic E-state index is 0.688. The van der Waals surface area contributed by atoms with Gasteiger partial charge in [0.2, 0.25) is 0 Å². The van der Waals surface area contributed by atoms with Crippen molar-refractivity contribution in [2.24, 2.45) is 0 Å². The molecule has 0 aliphatic rings. The molecule has 2 nitrogen and oxygen atoms in total. The second kappa shape index (κ2) is 5.19. The summed E-state index contributed by atoms with van der Waals surface area (Å²) in [6.45, 7) is 2.12. The van der Waals surface area contributed by atoms with E-state index in [4.69, 9.17) is 17.3 Å². The van der Waals surface area contributed by atoms with Gasteiger partial charge < -0.3 is 5.73 Å². The molecule has 2 N–H and O–H groups in total. The van der Waals surface area contributed by atoms with Gasteiger partial charge >= 0.3 is 0 Å². The SMILES string of the molecule is CCc1ccc(Cc2ccc(N)cc2Cl)nc1. The first-order chi connectivity index (χ1) is 8.19. The number of benzene rings is 1. The molecule has 88 valence electrons. The largest absolute Gasteiger partial charge is 0.399 e. The lowest BCUT2D eigenvalue weighted by Crippen LogP contribution is -1.95. The predicted molar refractivity (Wildman–Crippen MR) is 72.3 cm³/mol. The molecule has 3 heteroatoms. The van der Waals surface area contributed by atoms with E-state index in [9.17, 15) is 0 Å². The van der Waals surface area contributed by atoms with Crippen LogP contribution in [0.3, 0.4) is 0 Å². The summed E-state index contributed by atoms with van der Waals surface area (Å²) in [4.78, 5) is 4.42. The average Bonchev–Trinajstić information content (AvgIpc) is 2.34. The molecule has 1 aromatic carbocycles. The number of nitrogens with zero attached hydrogens (tertiary/aromatic N) is 1. The first-order valence-corrected chi connectivity index (χ1v) is 6.04.